The fraction of sp³-hybridized carbons (Fsp3) is 0.190. The number of aromatic nitrogens is 2. The van der Waals surface area contributed by atoms with Gasteiger partial charge in [-0.15, -0.1) is 0 Å². The summed E-state index contributed by atoms with van der Waals surface area (Å²) in [5, 5.41) is 16.7. The van der Waals surface area contributed by atoms with E-state index in [9.17, 15) is 4.79 Å². The molecule has 1 heterocycles. The van der Waals surface area contributed by atoms with E-state index in [1.54, 1.807) is 29.1 Å². The van der Waals surface area contributed by atoms with Crippen LogP contribution in [0, 0.1) is 25.2 Å². The molecular weight excluding hydrogens is 360 g/mol. The second kappa shape index (κ2) is 8.07. The zero-order valence-electron chi connectivity index (χ0n) is 15.2. The molecule has 6 heteroatoms. The number of carbonyl (C=O) groups is 1. The molecule has 0 aliphatic carbocycles. The Morgan fingerprint density at radius 3 is 2.70 bits per heavy atom. The Balaban J connectivity index is 2.00. The summed E-state index contributed by atoms with van der Waals surface area (Å²) in [5.74, 6) is -0.292. The highest BCUT2D eigenvalue weighted by Gasteiger charge is 2.19. The van der Waals surface area contributed by atoms with Crippen molar-refractivity contribution in [3.05, 3.63) is 70.4 Å². The first kappa shape index (κ1) is 18.7. The molecule has 0 aliphatic rings. The van der Waals surface area contributed by atoms with Crippen LogP contribution in [0.1, 0.15) is 27.9 Å². The number of benzene rings is 2. The minimum absolute atomic E-state index is 0.292. The van der Waals surface area contributed by atoms with Crippen molar-refractivity contribution in [3.63, 3.8) is 0 Å². The number of nitrogens with one attached hydrogen (secondary N) is 1. The normalized spacial score (nSPS) is 10.4. The maximum atomic E-state index is 12.9. The summed E-state index contributed by atoms with van der Waals surface area (Å²) in [4.78, 5) is 12.9. The monoisotopic (exact) mass is 378 g/mol. The van der Waals surface area contributed by atoms with E-state index in [1.165, 1.54) is 5.56 Å². The number of carbonyl (C=O) groups excluding carboxylic acids is 1. The molecule has 0 saturated carbocycles. The highest BCUT2D eigenvalue weighted by Crippen LogP contribution is 2.27. The lowest BCUT2D eigenvalue weighted by molar-refractivity contribution is 0.102. The topological polar surface area (TPSA) is 70.7 Å². The second-order valence-corrected chi connectivity index (χ2v) is 6.70. The van der Waals surface area contributed by atoms with Gasteiger partial charge in [-0.2, -0.15) is 10.4 Å². The van der Waals surface area contributed by atoms with Gasteiger partial charge >= 0.3 is 0 Å². The molecular formula is C21H19ClN4O. The number of halogens is 1. The summed E-state index contributed by atoms with van der Waals surface area (Å²) in [6.07, 6.45) is 1.99. The fourth-order valence-electron chi connectivity index (χ4n) is 2.72. The molecule has 2 aromatic carbocycles. The standard InChI is InChI=1S/C21H19ClN4O/c1-14-8-9-16(12-15(14)2)20-17(13-26(25-20)11-5-10-23)21(27)24-19-7-4-3-6-18(19)22/h3-4,6-9,12-13H,5,11H2,1-2H3,(H,24,27). The summed E-state index contributed by atoms with van der Waals surface area (Å²) in [7, 11) is 0. The second-order valence-electron chi connectivity index (χ2n) is 6.30. The zero-order chi connectivity index (χ0) is 19.4. The molecule has 1 amide bonds. The third-order valence-corrected chi connectivity index (χ3v) is 4.69. The number of nitrogens with zero attached hydrogens (tertiary/aromatic N) is 3. The predicted molar refractivity (Wildman–Crippen MR) is 107 cm³/mol. The number of rotatable bonds is 5. The van der Waals surface area contributed by atoms with Crippen molar-refractivity contribution in [2.24, 2.45) is 0 Å². The molecule has 5 nitrogen and oxygen atoms in total. The molecule has 0 fully saturated rings. The lowest BCUT2D eigenvalue weighted by Crippen LogP contribution is -2.12. The highest BCUT2D eigenvalue weighted by atomic mass is 35.5. The van der Waals surface area contributed by atoms with Crippen LogP contribution >= 0.6 is 11.6 Å². The van der Waals surface area contributed by atoms with Crippen molar-refractivity contribution >= 4 is 23.2 Å². The van der Waals surface area contributed by atoms with Gasteiger partial charge in [-0.05, 0) is 43.2 Å². The Morgan fingerprint density at radius 1 is 1.22 bits per heavy atom. The van der Waals surface area contributed by atoms with Crippen molar-refractivity contribution in [2.45, 2.75) is 26.8 Å². The van der Waals surface area contributed by atoms with Crippen LogP contribution in [0.25, 0.3) is 11.3 Å². The van der Waals surface area contributed by atoms with Crippen LogP contribution in [0.4, 0.5) is 5.69 Å². The van der Waals surface area contributed by atoms with E-state index in [4.69, 9.17) is 16.9 Å². The number of amides is 1. The molecule has 0 radical (unpaired) electrons. The Labute approximate surface area is 163 Å². The number of aryl methyl sites for hydroxylation is 3. The van der Waals surface area contributed by atoms with Gasteiger partial charge in [-0.1, -0.05) is 35.9 Å². The molecule has 1 aromatic heterocycles. The van der Waals surface area contributed by atoms with Gasteiger partial charge in [0.1, 0.15) is 5.69 Å². The number of hydrogen-bond acceptors (Lipinski definition) is 3. The number of nitriles is 1. The first-order valence-corrected chi connectivity index (χ1v) is 8.95. The van der Waals surface area contributed by atoms with Crippen molar-refractivity contribution in [1.29, 1.82) is 5.26 Å². The van der Waals surface area contributed by atoms with E-state index >= 15 is 0 Å². The van der Waals surface area contributed by atoms with Crippen molar-refractivity contribution in [1.82, 2.24) is 9.78 Å². The molecule has 0 spiro atoms. The average Bonchev–Trinajstić information content (AvgIpc) is 3.08. The molecule has 136 valence electrons. The predicted octanol–water partition coefficient (Wildman–Crippen LogP) is 4.99. The number of hydrogen-bond donors (Lipinski definition) is 1. The van der Waals surface area contributed by atoms with E-state index in [2.05, 4.69) is 16.5 Å². The zero-order valence-corrected chi connectivity index (χ0v) is 15.9. The third kappa shape index (κ3) is 4.18. The molecule has 27 heavy (non-hydrogen) atoms. The van der Waals surface area contributed by atoms with E-state index in [0.29, 0.717) is 34.9 Å². The van der Waals surface area contributed by atoms with Gasteiger partial charge in [0.25, 0.3) is 5.91 Å². The van der Waals surface area contributed by atoms with Gasteiger partial charge < -0.3 is 5.32 Å². The van der Waals surface area contributed by atoms with Crippen molar-refractivity contribution in [2.75, 3.05) is 5.32 Å². The summed E-state index contributed by atoms with van der Waals surface area (Å²) < 4.78 is 1.63. The third-order valence-electron chi connectivity index (χ3n) is 4.36. The molecule has 3 rings (SSSR count). The Hall–Kier alpha value is -3.10. The van der Waals surface area contributed by atoms with Gasteiger partial charge in [-0.25, -0.2) is 0 Å². The van der Waals surface area contributed by atoms with Gasteiger partial charge in [0.15, 0.2) is 0 Å². The molecule has 0 aliphatic heterocycles. The quantitative estimate of drug-likeness (QED) is 0.680. The number of anilines is 1. The van der Waals surface area contributed by atoms with Crippen molar-refractivity contribution < 1.29 is 4.79 Å². The summed E-state index contributed by atoms with van der Waals surface area (Å²) >= 11 is 6.15. The maximum Gasteiger partial charge on any atom is 0.259 e. The lowest BCUT2D eigenvalue weighted by Gasteiger charge is -2.08. The smallest absolute Gasteiger partial charge is 0.259 e. The van der Waals surface area contributed by atoms with E-state index < -0.39 is 0 Å². The Bertz CT molecular complexity index is 1030. The van der Waals surface area contributed by atoms with Gasteiger partial charge in [-0.3, -0.25) is 9.48 Å². The maximum absolute atomic E-state index is 12.9. The van der Waals surface area contributed by atoms with Crippen LogP contribution in [0.5, 0.6) is 0 Å². The van der Waals surface area contributed by atoms with E-state index in [1.807, 2.05) is 38.1 Å². The van der Waals surface area contributed by atoms with Gasteiger partial charge in [0.05, 0.1) is 35.3 Å². The molecule has 0 atom stereocenters. The van der Waals surface area contributed by atoms with Crippen LogP contribution in [0.15, 0.2) is 48.7 Å². The average molecular weight is 379 g/mol. The molecule has 3 aromatic rings. The summed E-state index contributed by atoms with van der Waals surface area (Å²) in [6, 6.07) is 15.1. The van der Waals surface area contributed by atoms with Crippen molar-refractivity contribution in [3.8, 4) is 17.3 Å². The fourth-order valence-corrected chi connectivity index (χ4v) is 2.90. The first-order chi connectivity index (χ1) is 13.0. The Kier molecular flexibility index (Phi) is 5.58. The minimum Gasteiger partial charge on any atom is -0.321 e. The van der Waals surface area contributed by atoms with Gasteiger partial charge in [0, 0.05) is 11.8 Å². The first-order valence-electron chi connectivity index (χ1n) is 8.57. The largest absolute Gasteiger partial charge is 0.321 e. The lowest BCUT2D eigenvalue weighted by atomic mass is 10.0. The number of para-hydroxylation sites is 1. The van der Waals surface area contributed by atoms with Crippen LogP contribution in [-0.4, -0.2) is 15.7 Å². The minimum atomic E-state index is -0.292. The molecule has 0 bridgehead atoms. The van der Waals surface area contributed by atoms with Crippen LogP contribution < -0.4 is 5.32 Å². The van der Waals surface area contributed by atoms with E-state index in [-0.39, 0.29) is 5.91 Å². The Morgan fingerprint density at radius 2 is 2.00 bits per heavy atom. The summed E-state index contributed by atoms with van der Waals surface area (Å²) in [5.41, 5.74) is 4.72. The molecule has 0 unspecified atom stereocenters. The highest BCUT2D eigenvalue weighted by molar-refractivity contribution is 6.34. The van der Waals surface area contributed by atoms with Crippen LogP contribution in [0.3, 0.4) is 0 Å². The summed E-state index contributed by atoms with van der Waals surface area (Å²) in [6.45, 7) is 4.48. The molecule has 1 N–H and O–H groups in total. The SMILES string of the molecule is Cc1ccc(-c2nn(CCC#N)cc2C(=O)Nc2ccccc2Cl)cc1C. The van der Waals surface area contributed by atoms with Crippen LogP contribution in [0.2, 0.25) is 5.02 Å². The molecule has 0 saturated heterocycles. The van der Waals surface area contributed by atoms with Gasteiger partial charge in [0.2, 0.25) is 0 Å². The van der Waals surface area contributed by atoms with Crippen LogP contribution in [-0.2, 0) is 6.54 Å². The van der Waals surface area contributed by atoms with E-state index in [0.717, 1.165) is 11.1 Å².